The van der Waals surface area contributed by atoms with Crippen molar-refractivity contribution in [1.82, 2.24) is 14.4 Å². The fraction of sp³-hybridized carbons (Fsp3) is 0.0455. The SMILES string of the molecule is [B]c1ccc(CN(N)/C=C(\N)c2c(-c3ccc(Cl)cc3)nc3ccccn23)cc1. The van der Waals surface area contributed by atoms with E-state index in [-0.39, 0.29) is 0 Å². The Kier molecular flexibility index (Phi) is 5.29. The lowest BCUT2D eigenvalue weighted by Crippen LogP contribution is -2.26. The molecule has 0 spiro atoms. The number of rotatable bonds is 5. The van der Waals surface area contributed by atoms with Crippen LogP contribution in [0, 0.1) is 0 Å². The van der Waals surface area contributed by atoms with Crippen molar-refractivity contribution in [3.05, 3.63) is 95.4 Å². The predicted molar refractivity (Wildman–Crippen MR) is 119 cm³/mol. The van der Waals surface area contributed by atoms with Crippen LogP contribution < -0.4 is 17.0 Å². The van der Waals surface area contributed by atoms with Crippen molar-refractivity contribution in [2.24, 2.45) is 11.6 Å². The van der Waals surface area contributed by atoms with Crippen molar-refractivity contribution in [2.45, 2.75) is 6.54 Å². The van der Waals surface area contributed by atoms with Crippen LogP contribution in [0.25, 0.3) is 22.6 Å². The molecule has 0 saturated heterocycles. The van der Waals surface area contributed by atoms with Gasteiger partial charge in [0.1, 0.15) is 13.5 Å². The highest BCUT2D eigenvalue weighted by molar-refractivity contribution is 6.32. The quantitative estimate of drug-likeness (QED) is 0.307. The van der Waals surface area contributed by atoms with Gasteiger partial charge in [0.2, 0.25) is 0 Å². The number of halogens is 1. The monoisotopic (exact) mass is 399 g/mol. The topological polar surface area (TPSA) is 72.6 Å². The second-order valence-electron chi connectivity index (χ2n) is 6.74. The average molecular weight is 400 g/mol. The van der Waals surface area contributed by atoms with E-state index < -0.39 is 0 Å². The summed E-state index contributed by atoms with van der Waals surface area (Å²) in [7, 11) is 5.74. The van der Waals surface area contributed by atoms with E-state index in [1.165, 1.54) is 0 Å². The molecule has 4 N–H and O–H groups in total. The first-order valence-electron chi connectivity index (χ1n) is 9.08. The zero-order valence-electron chi connectivity index (χ0n) is 15.7. The van der Waals surface area contributed by atoms with E-state index in [4.69, 9.17) is 36.0 Å². The Morgan fingerprint density at radius 1 is 1.07 bits per heavy atom. The maximum atomic E-state index is 6.48. The second kappa shape index (κ2) is 8.03. The molecule has 0 amide bonds. The number of hydrogen-bond donors (Lipinski definition) is 2. The van der Waals surface area contributed by atoms with Crippen LogP contribution in [0.3, 0.4) is 0 Å². The molecule has 2 aromatic carbocycles. The summed E-state index contributed by atoms with van der Waals surface area (Å²) in [6.45, 7) is 0.494. The molecule has 2 heterocycles. The minimum Gasteiger partial charge on any atom is -0.396 e. The summed E-state index contributed by atoms with van der Waals surface area (Å²) in [6, 6.07) is 20.9. The van der Waals surface area contributed by atoms with Gasteiger partial charge in [0.25, 0.3) is 0 Å². The number of nitrogens with zero attached hydrogens (tertiary/aromatic N) is 3. The predicted octanol–water partition coefficient (Wildman–Crippen LogP) is 3.08. The number of hydrazine groups is 1. The van der Waals surface area contributed by atoms with Crippen molar-refractivity contribution in [3.8, 4) is 11.3 Å². The lowest BCUT2D eigenvalue weighted by atomic mass is 9.95. The van der Waals surface area contributed by atoms with Crippen molar-refractivity contribution in [1.29, 1.82) is 0 Å². The summed E-state index contributed by atoms with van der Waals surface area (Å²) in [6.07, 6.45) is 3.64. The third-order valence-electron chi connectivity index (χ3n) is 4.57. The lowest BCUT2D eigenvalue weighted by Gasteiger charge is -2.16. The smallest absolute Gasteiger partial charge is 0.137 e. The molecule has 4 rings (SSSR count). The van der Waals surface area contributed by atoms with Crippen LogP contribution >= 0.6 is 11.6 Å². The molecule has 4 aromatic rings. The van der Waals surface area contributed by atoms with Gasteiger partial charge in [-0.1, -0.05) is 59.5 Å². The third kappa shape index (κ3) is 4.13. The zero-order chi connectivity index (χ0) is 20.4. The molecule has 7 heteroatoms. The van der Waals surface area contributed by atoms with Crippen molar-refractivity contribution in [3.63, 3.8) is 0 Å². The first kappa shape index (κ1) is 19.1. The normalized spacial score (nSPS) is 11.7. The van der Waals surface area contributed by atoms with E-state index in [0.29, 0.717) is 22.7 Å². The van der Waals surface area contributed by atoms with Gasteiger partial charge in [-0.25, -0.2) is 10.8 Å². The minimum atomic E-state index is 0.494. The van der Waals surface area contributed by atoms with Gasteiger partial charge >= 0.3 is 0 Å². The number of aromatic nitrogens is 2. The van der Waals surface area contributed by atoms with Crippen LogP contribution in [-0.2, 0) is 6.54 Å². The second-order valence-corrected chi connectivity index (χ2v) is 7.18. The minimum absolute atomic E-state index is 0.494. The number of fused-ring (bicyclic) bond motifs is 1. The van der Waals surface area contributed by atoms with Crippen LogP contribution in [0.4, 0.5) is 0 Å². The number of imidazole rings is 1. The molecule has 0 aliphatic heterocycles. The highest BCUT2D eigenvalue weighted by atomic mass is 35.5. The fourth-order valence-corrected chi connectivity index (χ4v) is 3.33. The third-order valence-corrected chi connectivity index (χ3v) is 4.82. The van der Waals surface area contributed by atoms with Gasteiger partial charge in [-0.05, 0) is 29.8 Å². The first-order chi connectivity index (χ1) is 14.0. The molecule has 0 aliphatic rings. The van der Waals surface area contributed by atoms with E-state index in [1.54, 1.807) is 11.2 Å². The molecule has 2 aromatic heterocycles. The van der Waals surface area contributed by atoms with E-state index in [0.717, 1.165) is 28.2 Å². The molecular weight excluding hydrogens is 381 g/mol. The molecule has 0 fully saturated rings. The van der Waals surface area contributed by atoms with Crippen LogP contribution in [-0.4, -0.2) is 22.2 Å². The number of nitrogens with two attached hydrogens (primary N) is 2. The summed E-state index contributed by atoms with van der Waals surface area (Å²) < 4.78 is 1.95. The molecule has 2 radical (unpaired) electrons. The van der Waals surface area contributed by atoms with Crippen LogP contribution in [0.2, 0.25) is 5.02 Å². The first-order valence-corrected chi connectivity index (χ1v) is 9.45. The zero-order valence-corrected chi connectivity index (χ0v) is 16.4. The molecule has 29 heavy (non-hydrogen) atoms. The Morgan fingerprint density at radius 3 is 2.52 bits per heavy atom. The van der Waals surface area contributed by atoms with Crippen molar-refractivity contribution < 1.29 is 0 Å². The van der Waals surface area contributed by atoms with Gasteiger partial charge in [0.05, 0.1) is 23.6 Å². The average Bonchev–Trinajstić information content (AvgIpc) is 3.10. The van der Waals surface area contributed by atoms with E-state index in [2.05, 4.69) is 0 Å². The standard InChI is InChI=1S/C22H19BClN5/c23-17-8-4-15(5-9-17)13-28(26)14-19(25)22-21(16-6-10-18(24)11-7-16)27-20-3-1-2-12-29(20)22/h1-12,14H,13,25-26H2/b19-14-. The summed E-state index contributed by atoms with van der Waals surface area (Å²) in [4.78, 5) is 4.76. The molecule has 0 aliphatic carbocycles. The van der Waals surface area contributed by atoms with Gasteiger partial charge in [-0.3, -0.25) is 4.40 Å². The highest BCUT2D eigenvalue weighted by Crippen LogP contribution is 2.29. The Bertz CT molecular complexity index is 1170. The molecular formula is C22H19BClN5. The Morgan fingerprint density at radius 2 is 1.79 bits per heavy atom. The van der Waals surface area contributed by atoms with Crippen LogP contribution in [0.5, 0.6) is 0 Å². The maximum Gasteiger partial charge on any atom is 0.137 e. The largest absolute Gasteiger partial charge is 0.396 e. The van der Waals surface area contributed by atoms with Crippen molar-refractivity contribution in [2.75, 3.05) is 0 Å². The summed E-state index contributed by atoms with van der Waals surface area (Å²) in [5, 5.41) is 2.22. The molecule has 0 atom stereocenters. The molecule has 0 unspecified atom stereocenters. The van der Waals surface area contributed by atoms with E-state index >= 15 is 0 Å². The molecule has 142 valence electrons. The number of benzene rings is 2. The molecule has 5 nitrogen and oxygen atoms in total. The Labute approximate surface area is 175 Å². The number of hydrogen-bond acceptors (Lipinski definition) is 4. The summed E-state index contributed by atoms with van der Waals surface area (Å²) in [5.74, 6) is 6.20. The lowest BCUT2D eigenvalue weighted by molar-refractivity contribution is 0.388. The maximum absolute atomic E-state index is 6.48. The van der Waals surface area contributed by atoms with Crippen LogP contribution in [0.1, 0.15) is 11.3 Å². The fourth-order valence-electron chi connectivity index (χ4n) is 3.20. The van der Waals surface area contributed by atoms with Gasteiger partial charge in [0.15, 0.2) is 0 Å². The molecule has 0 bridgehead atoms. The van der Waals surface area contributed by atoms with Gasteiger partial charge in [-0.15, -0.1) is 0 Å². The summed E-state index contributed by atoms with van der Waals surface area (Å²) in [5.41, 5.74) is 12.0. The van der Waals surface area contributed by atoms with Gasteiger partial charge < -0.3 is 10.7 Å². The summed E-state index contributed by atoms with van der Waals surface area (Å²) >= 11 is 6.04. The number of pyridine rings is 1. The Hall–Kier alpha value is -3.22. The van der Waals surface area contributed by atoms with Gasteiger partial charge in [-0.2, -0.15) is 0 Å². The van der Waals surface area contributed by atoms with Gasteiger partial charge in [0, 0.05) is 23.0 Å². The van der Waals surface area contributed by atoms with Crippen molar-refractivity contribution >= 4 is 36.3 Å². The van der Waals surface area contributed by atoms with E-state index in [9.17, 15) is 0 Å². The Balaban J connectivity index is 1.73. The van der Waals surface area contributed by atoms with Crippen LogP contribution in [0.15, 0.2) is 79.1 Å². The molecule has 0 saturated carbocycles. The van der Waals surface area contributed by atoms with E-state index in [1.807, 2.05) is 77.3 Å². The highest BCUT2D eigenvalue weighted by Gasteiger charge is 2.16.